The monoisotopic (exact) mass is 341 g/mol. The fraction of sp³-hybridized carbons (Fsp3) is 0.263. The lowest BCUT2D eigenvalue weighted by atomic mass is 10.1. The van der Waals surface area contributed by atoms with E-state index in [1.54, 1.807) is 25.3 Å². The van der Waals surface area contributed by atoms with Gasteiger partial charge in [0.25, 0.3) is 0 Å². The van der Waals surface area contributed by atoms with Crippen molar-refractivity contribution in [2.24, 2.45) is 0 Å². The van der Waals surface area contributed by atoms with Gasteiger partial charge in [-0.3, -0.25) is 9.59 Å². The van der Waals surface area contributed by atoms with Gasteiger partial charge in [-0.15, -0.1) is 0 Å². The van der Waals surface area contributed by atoms with Crippen molar-refractivity contribution >= 4 is 23.2 Å². The van der Waals surface area contributed by atoms with E-state index in [-0.39, 0.29) is 6.54 Å². The summed E-state index contributed by atoms with van der Waals surface area (Å²) in [5, 5.41) is 5.25. The summed E-state index contributed by atoms with van der Waals surface area (Å²) in [4.78, 5) is 26.0. The zero-order chi connectivity index (χ0) is 18.4. The molecule has 0 saturated heterocycles. The third-order valence-corrected chi connectivity index (χ3v) is 3.79. The van der Waals surface area contributed by atoms with Gasteiger partial charge < -0.3 is 20.3 Å². The normalized spacial score (nSPS) is 10.1. The summed E-state index contributed by atoms with van der Waals surface area (Å²) < 4.78 is 5.08. The summed E-state index contributed by atoms with van der Waals surface area (Å²) >= 11 is 0. The maximum absolute atomic E-state index is 12.1. The molecule has 0 radical (unpaired) electrons. The second-order valence-electron chi connectivity index (χ2n) is 5.88. The van der Waals surface area contributed by atoms with Crippen molar-refractivity contribution in [3.63, 3.8) is 0 Å². The Morgan fingerprint density at radius 2 is 1.72 bits per heavy atom. The standard InChI is InChI=1S/C19H23N3O3/c1-13-11-15(22(2)3)7-10-17(13)21-19(24)18(23)20-12-14-5-8-16(25-4)9-6-14/h5-11H,12H2,1-4H3,(H,20,23)(H,21,24). The Morgan fingerprint density at radius 3 is 2.28 bits per heavy atom. The molecule has 0 bridgehead atoms. The van der Waals surface area contributed by atoms with Crippen LogP contribution in [0.4, 0.5) is 11.4 Å². The predicted octanol–water partition coefficient (Wildman–Crippen LogP) is 2.32. The zero-order valence-electron chi connectivity index (χ0n) is 14.9. The van der Waals surface area contributed by atoms with E-state index in [0.717, 1.165) is 22.6 Å². The number of amides is 2. The molecule has 0 aliphatic carbocycles. The summed E-state index contributed by atoms with van der Waals surface area (Å²) in [6, 6.07) is 12.9. The molecule has 0 aromatic heterocycles. The fourth-order valence-corrected chi connectivity index (χ4v) is 2.25. The van der Waals surface area contributed by atoms with E-state index in [2.05, 4.69) is 10.6 Å². The van der Waals surface area contributed by atoms with Crippen LogP contribution in [0.15, 0.2) is 42.5 Å². The van der Waals surface area contributed by atoms with E-state index in [0.29, 0.717) is 5.69 Å². The summed E-state index contributed by atoms with van der Waals surface area (Å²) in [6.45, 7) is 2.16. The van der Waals surface area contributed by atoms with E-state index in [1.807, 2.05) is 50.2 Å². The van der Waals surface area contributed by atoms with Crippen LogP contribution in [0.3, 0.4) is 0 Å². The van der Waals surface area contributed by atoms with Gasteiger partial charge >= 0.3 is 11.8 Å². The van der Waals surface area contributed by atoms with E-state index in [1.165, 1.54) is 0 Å². The lowest BCUT2D eigenvalue weighted by Crippen LogP contribution is -2.35. The maximum Gasteiger partial charge on any atom is 0.313 e. The first kappa shape index (κ1) is 18.3. The van der Waals surface area contributed by atoms with Gasteiger partial charge in [-0.1, -0.05) is 12.1 Å². The minimum atomic E-state index is -0.686. The van der Waals surface area contributed by atoms with E-state index >= 15 is 0 Å². The Kier molecular flexibility index (Phi) is 6.00. The molecular weight excluding hydrogens is 318 g/mol. The van der Waals surface area contributed by atoms with Crippen molar-refractivity contribution in [2.75, 3.05) is 31.4 Å². The van der Waals surface area contributed by atoms with Gasteiger partial charge in [0.2, 0.25) is 0 Å². The largest absolute Gasteiger partial charge is 0.497 e. The highest BCUT2D eigenvalue weighted by Gasteiger charge is 2.14. The first-order valence-corrected chi connectivity index (χ1v) is 7.91. The highest BCUT2D eigenvalue weighted by atomic mass is 16.5. The summed E-state index contributed by atoms with van der Waals surface area (Å²) in [5.74, 6) is -0.620. The number of anilines is 2. The molecule has 0 fully saturated rings. The highest BCUT2D eigenvalue weighted by Crippen LogP contribution is 2.21. The molecular formula is C19H23N3O3. The van der Waals surface area contributed by atoms with Crippen LogP contribution in [0.2, 0.25) is 0 Å². The quantitative estimate of drug-likeness (QED) is 0.819. The van der Waals surface area contributed by atoms with Crippen molar-refractivity contribution in [3.05, 3.63) is 53.6 Å². The average molecular weight is 341 g/mol. The lowest BCUT2D eigenvalue weighted by molar-refractivity contribution is -0.136. The number of hydrogen-bond donors (Lipinski definition) is 2. The molecule has 0 spiro atoms. The number of aryl methyl sites for hydroxylation is 1. The Labute approximate surface area is 147 Å². The molecule has 0 heterocycles. The molecule has 0 aliphatic rings. The number of nitrogens with zero attached hydrogens (tertiary/aromatic N) is 1. The molecule has 2 rings (SSSR count). The van der Waals surface area contributed by atoms with Crippen LogP contribution < -0.4 is 20.3 Å². The molecule has 0 saturated carbocycles. The van der Waals surface area contributed by atoms with Crippen LogP contribution in [0.25, 0.3) is 0 Å². The molecule has 6 heteroatoms. The fourth-order valence-electron chi connectivity index (χ4n) is 2.25. The van der Waals surface area contributed by atoms with Crippen LogP contribution in [-0.2, 0) is 16.1 Å². The molecule has 0 unspecified atom stereocenters. The Hall–Kier alpha value is -3.02. The van der Waals surface area contributed by atoms with Crippen LogP contribution in [0, 0.1) is 6.92 Å². The first-order chi connectivity index (χ1) is 11.9. The molecule has 2 aromatic carbocycles. The first-order valence-electron chi connectivity index (χ1n) is 7.91. The van der Waals surface area contributed by atoms with Gasteiger partial charge in [0, 0.05) is 32.0 Å². The molecule has 2 amide bonds. The smallest absolute Gasteiger partial charge is 0.313 e. The van der Waals surface area contributed by atoms with Crippen LogP contribution >= 0.6 is 0 Å². The molecule has 2 N–H and O–H groups in total. The number of carbonyl (C=O) groups excluding carboxylic acids is 2. The number of ether oxygens (including phenoxy) is 1. The molecule has 0 atom stereocenters. The van der Waals surface area contributed by atoms with E-state index < -0.39 is 11.8 Å². The van der Waals surface area contributed by atoms with Crippen molar-refractivity contribution in [2.45, 2.75) is 13.5 Å². The molecule has 132 valence electrons. The number of benzene rings is 2. The van der Waals surface area contributed by atoms with Gasteiger partial charge in [0.15, 0.2) is 0 Å². The van der Waals surface area contributed by atoms with Crippen molar-refractivity contribution in [1.82, 2.24) is 5.32 Å². The Balaban J connectivity index is 1.92. The molecule has 2 aromatic rings. The minimum absolute atomic E-state index is 0.273. The van der Waals surface area contributed by atoms with Crippen LogP contribution in [0.1, 0.15) is 11.1 Å². The lowest BCUT2D eigenvalue weighted by Gasteiger charge is -2.15. The maximum atomic E-state index is 12.1. The third kappa shape index (κ3) is 4.97. The van der Waals surface area contributed by atoms with Crippen LogP contribution in [0.5, 0.6) is 5.75 Å². The SMILES string of the molecule is COc1ccc(CNC(=O)C(=O)Nc2ccc(N(C)C)cc2C)cc1. The zero-order valence-corrected chi connectivity index (χ0v) is 14.9. The van der Waals surface area contributed by atoms with E-state index in [4.69, 9.17) is 4.74 Å². The average Bonchev–Trinajstić information content (AvgIpc) is 2.61. The van der Waals surface area contributed by atoms with Crippen molar-refractivity contribution in [3.8, 4) is 5.75 Å². The van der Waals surface area contributed by atoms with Crippen molar-refractivity contribution in [1.29, 1.82) is 0 Å². The number of methoxy groups -OCH3 is 1. The molecule has 6 nitrogen and oxygen atoms in total. The molecule has 25 heavy (non-hydrogen) atoms. The summed E-state index contributed by atoms with van der Waals surface area (Å²) in [6.07, 6.45) is 0. The summed E-state index contributed by atoms with van der Waals surface area (Å²) in [7, 11) is 5.48. The minimum Gasteiger partial charge on any atom is -0.497 e. The number of rotatable bonds is 5. The number of nitrogens with one attached hydrogen (secondary N) is 2. The summed E-state index contributed by atoms with van der Waals surface area (Å²) in [5.41, 5.74) is 3.42. The van der Waals surface area contributed by atoms with Crippen molar-refractivity contribution < 1.29 is 14.3 Å². The topological polar surface area (TPSA) is 70.7 Å². The number of hydrogen-bond acceptors (Lipinski definition) is 4. The molecule has 0 aliphatic heterocycles. The van der Waals surface area contributed by atoms with E-state index in [9.17, 15) is 9.59 Å². The van der Waals surface area contributed by atoms with Gasteiger partial charge in [0.1, 0.15) is 5.75 Å². The predicted molar refractivity (Wildman–Crippen MR) is 99.0 cm³/mol. The Bertz CT molecular complexity index is 755. The van der Waals surface area contributed by atoms with Crippen LogP contribution in [-0.4, -0.2) is 33.0 Å². The number of carbonyl (C=O) groups is 2. The van der Waals surface area contributed by atoms with Gasteiger partial charge in [0.05, 0.1) is 7.11 Å². The third-order valence-electron chi connectivity index (χ3n) is 3.79. The van der Waals surface area contributed by atoms with Gasteiger partial charge in [-0.2, -0.15) is 0 Å². The van der Waals surface area contributed by atoms with Gasteiger partial charge in [-0.05, 0) is 48.4 Å². The second kappa shape index (κ2) is 8.19. The Morgan fingerprint density at radius 1 is 1.04 bits per heavy atom. The van der Waals surface area contributed by atoms with Gasteiger partial charge in [-0.25, -0.2) is 0 Å². The highest BCUT2D eigenvalue weighted by molar-refractivity contribution is 6.39. The second-order valence-corrected chi connectivity index (χ2v) is 5.88.